The lowest BCUT2D eigenvalue weighted by Gasteiger charge is -2.19. The second-order valence-corrected chi connectivity index (χ2v) is 5.72. The van der Waals surface area contributed by atoms with E-state index in [-0.39, 0.29) is 6.54 Å². The number of hydrogen-bond donors (Lipinski definition) is 1. The van der Waals surface area contributed by atoms with E-state index in [1.54, 1.807) is 6.07 Å². The molecule has 0 fully saturated rings. The van der Waals surface area contributed by atoms with Crippen LogP contribution in [0.15, 0.2) is 12.1 Å². The number of amides is 1. The van der Waals surface area contributed by atoms with Crippen molar-refractivity contribution in [2.24, 2.45) is 0 Å². The SMILES string of the molecule is CCCOc1c(CNC(=O)C(F)(F)F)ccc(CCC)c1CCC. The number of carbonyl (C=O) groups is 1. The second-order valence-electron chi connectivity index (χ2n) is 5.72. The molecule has 1 rings (SSSR count). The first-order valence-electron chi connectivity index (χ1n) is 8.46. The Morgan fingerprint density at radius 2 is 1.67 bits per heavy atom. The number of hydrogen-bond acceptors (Lipinski definition) is 2. The number of ether oxygens (including phenoxy) is 1. The summed E-state index contributed by atoms with van der Waals surface area (Å²) in [4.78, 5) is 11.1. The molecule has 24 heavy (non-hydrogen) atoms. The molecule has 0 unspecified atom stereocenters. The number of benzene rings is 1. The minimum Gasteiger partial charge on any atom is -0.493 e. The molecule has 0 atom stereocenters. The van der Waals surface area contributed by atoms with Gasteiger partial charge in [0.2, 0.25) is 0 Å². The van der Waals surface area contributed by atoms with E-state index < -0.39 is 12.1 Å². The van der Waals surface area contributed by atoms with Crippen LogP contribution < -0.4 is 10.1 Å². The monoisotopic (exact) mass is 345 g/mol. The van der Waals surface area contributed by atoms with E-state index in [1.807, 2.05) is 18.3 Å². The van der Waals surface area contributed by atoms with E-state index in [0.717, 1.165) is 43.2 Å². The largest absolute Gasteiger partial charge is 0.493 e. The molecule has 0 radical (unpaired) electrons. The first-order chi connectivity index (χ1) is 11.3. The number of halogens is 3. The zero-order chi connectivity index (χ0) is 18.2. The van der Waals surface area contributed by atoms with Gasteiger partial charge in [-0.25, -0.2) is 0 Å². The molecule has 0 heterocycles. The summed E-state index contributed by atoms with van der Waals surface area (Å²) in [5.74, 6) is -1.30. The Morgan fingerprint density at radius 3 is 2.21 bits per heavy atom. The van der Waals surface area contributed by atoms with Crippen molar-refractivity contribution in [1.29, 1.82) is 0 Å². The molecule has 0 aliphatic rings. The number of nitrogens with one attached hydrogen (secondary N) is 1. The van der Waals surface area contributed by atoms with E-state index in [0.29, 0.717) is 17.9 Å². The quantitative estimate of drug-likeness (QED) is 0.712. The molecule has 1 aromatic carbocycles. The highest BCUT2D eigenvalue weighted by Gasteiger charge is 2.38. The van der Waals surface area contributed by atoms with Crippen LogP contribution in [0, 0.1) is 0 Å². The summed E-state index contributed by atoms with van der Waals surface area (Å²) < 4.78 is 43.0. The van der Waals surface area contributed by atoms with E-state index in [1.165, 1.54) is 0 Å². The van der Waals surface area contributed by atoms with Gasteiger partial charge >= 0.3 is 12.1 Å². The summed E-state index contributed by atoms with van der Waals surface area (Å²) >= 11 is 0. The van der Waals surface area contributed by atoms with Crippen molar-refractivity contribution >= 4 is 5.91 Å². The van der Waals surface area contributed by atoms with Crippen LogP contribution in [0.1, 0.15) is 56.7 Å². The summed E-state index contributed by atoms with van der Waals surface area (Å²) in [5, 5.41) is 1.93. The van der Waals surface area contributed by atoms with Gasteiger partial charge in [0, 0.05) is 12.1 Å². The van der Waals surface area contributed by atoms with Crippen molar-refractivity contribution in [2.75, 3.05) is 6.61 Å². The first-order valence-corrected chi connectivity index (χ1v) is 8.46. The van der Waals surface area contributed by atoms with Gasteiger partial charge in [-0.1, -0.05) is 45.7 Å². The Morgan fingerprint density at radius 1 is 1.04 bits per heavy atom. The van der Waals surface area contributed by atoms with Crippen LogP contribution in [0.5, 0.6) is 5.75 Å². The molecule has 1 N–H and O–H groups in total. The average molecular weight is 345 g/mol. The van der Waals surface area contributed by atoms with E-state index in [9.17, 15) is 18.0 Å². The maximum atomic E-state index is 12.4. The van der Waals surface area contributed by atoms with Gasteiger partial charge in [0.15, 0.2) is 0 Å². The molecule has 0 spiro atoms. The summed E-state index contributed by atoms with van der Waals surface area (Å²) in [5.41, 5.74) is 2.80. The lowest BCUT2D eigenvalue weighted by atomic mass is 9.95. The van der Waals surface area contributed by atoms with Crippen molar-refractivity contribution in [3.63, 3.8) is 0 Å². The molecular weight excluding hydrogens is 319 g/mol. The zero-order valence-corrected chi connectivity index (χ0v) is 14.6. The first kappa shape index (κ1) is 20.3. The minimum atomic E-state index is -4.88. The molecule has 136 valence electrons. The number of carbonyl (C=O) groups excluding carboxylic acids is 1. The summed E-state index contributed by atoms with van der Waals surface area (Å²) in [6.07, 6.45) is -0.481. The predicted octanol–water partition coefficient (Wildman–Crippen LogP) is 4.56. The third-order valence-corrected chi connectivity index (χ3v) is 3.61. The van der Waals surface area contributed by atoms with Crippen molar-refractivity contribution < 1.29 is 22.7 Å². The maximum Gasteiger partial charge on any atom is 0.471 e. The third kappa shape index (κ3) is 5.73. The van der Waals surface area contributed by atoms with Crippen LogP contribution in [-0.4, -0.2) is 18.7 Å². The van der Waals surface area contributed by atoms with Gasteiger partial charge in [-0.05, 0) is 30.4 Å². The Bertz CT molecular complexity index is 542. The van der Waals surface area contributed by atoms with E-state index in [4.69, 9.17) is 4.74 Å². The average Bonchev–Trinajstić information content (AvgIpc) is 2.52. The molecule has 3 nitrogen and oxygen atoms in total. The Balaban J connectivity index is 3.12. The van der Waals surface area contributed by atoms with Crippen LogP contribution in [0.4, 0.5) is 13.2 Å². The fourth-order valence-electron chi connectivity index (χ4n) is 2.54. The highest BCUT2D eigenvalue weighted by Crippen LogP contribution is 2.30. The lowest BCUT2D eigenvalue weighted by molar-refractivity contribution is -0.173. The maximum absolute atomic E-state index is 12.4. The van der Waals surface area contributed by atoms with Crippen LogP contribution in [0.2, 0.25) is 0 Å². The van der Waals surface area contributed by atoms with Crippen molar-refractivity contribution in [3.05, 3.63) is 28.8 Å². The molecule has 1 aromatic rings. The molecule has 0 aliphatic heterocycles. The second kappa shape index (κ2) is 9.55. The number of alkyl halides is 3. The van der Waals surface area contributed by atoms with Crippen LogP contribution >= 0.6 is 0 Å². The standard InChI is InChI=1S/C18H26F3NO2/c1-4-7-13-9-10-14(12-22-17(23)18(19,20)21)16(24-11-6-3)15(13)8-5-2/h9-10H,4-8,11-12H2,1-3H3,(H,22,23). The molecule has 1 amide bonds. The smallest absolute Gasteiger partial charge is 0.471 e. The normalized spacial score (nSPS) is 11.4. The van der Waals surface area contributed by atoms with Gasteiger partial charge in [0.05, 0.1) is 6.61 Å². The third-order valence-electron chi connectivity index (χ3n) is 3.61. The highest BCUT2D eigenvalue weighted by molar-refractivity contribution is 5.81. The van der Waals surface area contributed by atoms with Gasteiger partial charge < -0.3 is 10.1 Å². The van der Waals surface area contributed by atoms with Gasteiger partial charge in [0.25, 0.3) is 0 Å². The predicted molar refractivity (Wildman–Crippen MR) is 88.1 cm³/mol. The highest BCUT2D eigenvalue weighted by atomic mass is 19.4. The summed E-state index contributed by atoms with van der Waals surface area (Å²) in [6.45, 7) is 6.41. The Hall–Kier alpha value is -1.72. The van der Waals surface area contributed by atoms with Gasteiger partial charge in [0.1, 0.15) is 5.75 Å². The molecule has 0 saturated carbocycles. The zero-order valence-electron chi connectivity index (χ0n) is 14.6. The van der Waals surface area contributed by atoms with Crippen LogP contribution in [0.3, 0.4) is 0 Å². The molecule has 0 saturated heterocycles. The van der Waals surface area contributed by atoms with Crippen molar-refractivity contribution in [3.8, 4) is 5.75 Å². The van der Waals surface area contributed by atoms with Crippen molar-refractivity contribution in [1.82, 2.24) is 5.32 Å². The van der Waals surface area contributed by atoms with Gasteiger partial charge in [-0.15, -0.1) is 0 Å². The van der Waals surface area contributed by atoms with E-state index in [2.05, 4.69) is 13.8 Å². The Kier molecular flexibility index (Phi) is 8.08. The lowest BCUT2D eigenvalue weighted by Crippen LogP contribution is -2.36. The number of rotatable bonds is 9. The van der Waals surface area contributed by atoms with Gasteiger partial charge in [-0.2, -0.15) is 13.2 Å². The molecule has 0 bridgehead atoms. The fraction of sp³-hybridized carbons (Fsp3) is 0.611. The molecule has 6 heteroatoms. The molecular formula is C18H26F3NO2. The molecule has 0 aromatic heterocycles. The summed E-state index contributed by atoms with van der Waals surface area (Å²) in [6, 6.07) is 3.69. The van der Waals surface area contributed by atoms with Crippen molar-refractivity contribution in [2.45, 2.75) is 65.6 Å². The number of aryl methyl sites for hydroxylation is 1. The van der Waals surface area contributed by atoms with Crippen LogP contribution in [-0.2, 0) is 24.2 Å². The fourth-order valence-corrected chi connectivity index (χ4v) is 2.54. The Labute approximate surface area is 141 Å². The minimum absolute atomic E-state index is 0.194. The summed E-state index contributed by atoms with van der Waals surface area (Å²) in [7, 11) is 0. The topological polar surface area (TPSA) is 38.3 Å². The van der Waals surface area contributed by atoms with E-state index >= 15 is 0 Å². The molecule has 0 aliphatic carbocycles. The van der Waals surface area contributed by atoms with Gasteiger partial charge in [-0.3, -0.25) is 4.79 Å². The van der Waals surface area contributed by atoms with Crippen LogP contribution in [0.25, 0.3) is 0 Å².